The van der Waals surface area contributed by atoms with Crippen LogP contribution in [0, 0.1) is 0 Å². The fourth-order valence-electron chi connectivity index (χ4n) is 3.87. The van der Waals surface area contributed by atoms with Crippen molar-refractivity contribution >= 4 is 16.7 Å². The third-order valence-corrected chi connectivity index (χ3v) is 5.57. The monoisotopic (exact) mass is 431 g/mol. The van der Waals surface area contributed by atoms with Gasteiger partial charge in [-0.15, -0.1) is 0 Å². The highest BCUT2D eigenvalue weighted by Gasteiger charge is 2.15. The lowest BCUT2D eigenvalue weighted by atomic mass is 10.1. The van der Waals surface area contributed by atoms with Crippen molar-refractivity contribution in [3.05, 3.63) is 115 Å². The number of hydrogen-bond donors (Lipinski definition) is 0. The summed E-state index contributed by atoms with van der Waals surface area (Å²) in [5.41, 5.74) is 3.15. The second-order valence-corrected chi connectivity index (χ2v) is 7.83. The number of benzene rings is 4. The lowest BCUT2D eigenvalue weighted by Crippen LogP contribution is -2.23. The van der Waals surface area contributed by atoms with Crippen molar-refractivity contribution in [2.24, 2.45) is 0 Å². The van der Waals surface area contributed by atoms with E-state index in [0.717, 1.165) is 46.9 Å². The molecule has 0 spiro atoms. The van der Waals surface area contributed by atoms with Crippen LogP contribution in [0.1, 0.15) is 12.5 Å². The largest absolute Gasteiger partial charge is 0.457 e. The zero-order valence-electron chi connectivity index (χ0n) is 18.6. The summed E-state index contributed by atoms with van der Waals surface area (Å²) in [6, 6.07) is 36.4. The number of hydrogen-bond acceptors (Lipinski definition) is 4. The number of anilines is 1. The number of fused-ring (bicyclic) bond motifs is 1. The highest BCUT2D eigenvalue weighted by atomic mass is 16.5. The maximum atomic E-state index is 5.94. The van der Waals surface area contributed by atoms with Crippen molar-refractivity contribution in [2.45, 2.75) is 13.5 Å². The molecule has 0 atom stereocenters. The summed E-state index contributed by atoms with van der Waals surface area (Å²) in [7, 11) is 0. The first-order valence-corrected chi connectivity index (χ1v) is 11.2. The van der Waals surface area contributed by atoms with Gasteiger partial charge in [-0.05, 0) is 61.0 Å². The molecule has 0 aliphatic rings. The summed E-state index contributed by atoms with van der Waals surface area (Å²) >= 11 is 0. The molecule has 5 rings (SSSR count). The van der Waals surface area contributed by atoms with Crippen molar-refractivity contribution in [3.63, 3.8) is 0 Å². The van der Waals surface area contributed by atoms with Crippen molar-refractivity contribution in [1.82, 2.24) is 9.97 Å². The minimum absolute atomic E-state index is 0.710. The molecule has 0 saturated heterocycles. The van der Waals surface area contributed by atoms with Gasteiger partial charge in [0.15, 0.2) is 5.82 Å². The smallest absolute Gasteiger partial charge is 0.162 e. The zero-order chi connectivity index (χ0) is 22.5. The number of ether oxygens (including phenoxy) is 1. The summed E-state index contributed by atoms with van der Waals surface area (Å²) in [5, 5.41) is 1.06. The summed E-state index contributed by atoms with van der Waals surface area (Å²) in [4.78, 5) is 12.2. The molecule has 0 bridgehead atoms. The van der Waals surface area contributed by atoms with Gasteiger partial charge in [-0.25, -0.2) is 9.97 Å². The van der Waals surface area contributed by atoms with E-state index in [-0.39, 0.29) is 0 Å². The molecule has 4 heteroatoms. The van der Waals surface area contributed by atoms with Gasteiger partial charge < -0.3 is 9.64 Å². The van der Waals surface area contributed by atoms with Crippen molar-refractivity contribution in [3.8, 4) is 22.9 Å². The van der Waals surface area contributed by atoms with E-state index >= 15 is 0 Å². The summed E-state index contributed by atoms with van der Waals surface area (Å²) in [6.07, 6.45) is 0. The predicted molar refractivity (Wildman–Crippen MR) is 135 cm³/mol. The molecule has 0 aliphatic heterocycles. The molecule has 0 saturated carbocycles. The van der Waals surface area contributed by atoms with Crippen LogP contribution in [0.4, 0.5) is 5.82 Å². The van der Waals surface area contributed by atoms with E-state index in [0.29, 0.717) is 5.82 Å². The molecule has 4 aromatic carbocycles. The Kier molecular flexibility index (Phi) is 5.98. The molecular weight excluding hydrogens is 406 g/mol. The molecule has 0 N–H and O–H groups in total. The summed E-state index contributed by atoms with van der Waals surface area (Å²) in [5.74, 6) is 3.26. The van der Waals surface area contributed by atoms with Crippen molar-refractivity contribution < 1.29 is 4.74 Å². The van der Waals surface area contributed by atoms with E-state index < -0.39 is 0 Å². The van der Waals surface area contributed by atoms with Crippen LogP contribution in [-0.4, -0.2) is 16.5 Å². The molecule has 0 unspecified atom stereocenters. The molecule has 1 heterocycles. The molecule has 0 aliphatic carbocycles. The SMILES string of the molecule is CCN(Cc1ccccc1)c1nc(-c2ccc(Oc3ccccc3)cc2)nc2ccccc12. The lowest BCUT2D eigenvalue weighted by molar-refractivity contribution is 0.483. The molecule has 33 heavy (non-hydrogen) atoms. The molecule has 4 nitrogen and oxygen atoms in total. The van der Waals surface area contributed by atoms with E-state index in [4.69, 9.17) is 14.7 Å². The first kappa shape index (κ1) is 20.7. The molecule has 5 aromatic rings. The topological polar surface area (TPSA) is 38.2 Å². The molecule has 0 fully saturated rings. The van der Waals surface area contributed by atoms with E-state index in [1.807, 2.05) is 78.9 Å². The fraction of sp³-hybridized carbons (Fsp3) is 0.103. The highest BCUT2D eigenvalue weighted by Crippen LogP contribution is 2.30. The second-order valence-electron chi connectivity index (χ2n) is 7.83. The van der Waals surface area contributed by atoms with Crippen LogP contribution in [0.5, 0.6) is 11.5 Å². The second kappa shape index (κ2) is 9.53. The molecule has 0 amide bonds. The first-order chi connectivity index (χ1) is 16.3. The number of nitrogens with zero attached hydrogens (tertiary/aromatic N) is 3. The van der Waals surface area contributed by atoms with Crippen LogP contribution in [0.2, 0.25) is 0 Å². The molecular formula is C29H25N3O. The minimum Gasteiger partial charge on any atom is -0.457 e. The number of aromatic nitrogens is 2. The van der Waals surface area contributed by atoms with E-state index in [2.05, 4.69) is 42.2 Å². The van der Waals surface area contributed by atoms with Gasteiger partial charge in [0.05, 0.1) is 5.52 Å². The third-order valence-electron chi connectivity index (χ3n) is 5.57. The Morgan fingerprint density at radius 2 is 1.30 bits per heavy atom. The van der Waals surface area contributed by atoms with Gasteiger partial charge in [0, 0.05) is 24.0 Å². The zero-order valence-corrected chi connectivity index (χ0v) is 18.6. The Morgan fingerprint density at radius 1 is 0.667 bits per heavy atom. The van der Waals surface area contributed by atoms with E-state index in [1.165, 1.54) is 5.56 Å². The Bertz CT molecular complexity index is 1340. The molecule has 162 valence electrons. The minimum atomic E-state index is 0.710. The fourth-order valence-corrected chi connectivity index (χ4v) is 3.87. The Labute approximate surface area is 194 Å². The number of para-hydroxylation sites is 2. The summed E-state index contributed by atoms with van der Waals surface area (Å²) < 4.78 is 5.94. The highest BCUT2D eigenvalue weighted by molar-refractivity contribution is 5.91. The Balaban J connectivity index is 1.50. The number of rotatable bonds is 7. The van der Waals surface area contributed by atoms with E-state index in [1.54, 1.807) is 0 Å². The molecule has 0 radical (unpaired) electrons. The Hall–Kier alpha value is -4.18. The van der Waals surface area contributed by atoms with Crippen LogP contribution in [0.25, 0.3) is 22.3 Å². The van der Waals surface area contributed by atoms with Gasteiger partial charge in [0.2, 0.25) is 0 Å². The van der Waals surface area contributed by atoms with Crippen LogP contribution in [0.3, 0.4) is 0 Å². The standard InChI is InChI=1S/C29H25N3O/c1-2-32(21-22-11-5-3-6-12-22)29-26-15-9-10-16-27(26)30-28(31-29)23-17-19-25(20-18-23)33-24-13-7-4-8-14-24/h3-20H,2,21H2,1H3. The normalized spacial score (nSPS) is 10.8. The van der Waals surface area contributed by atoms with Gasteiger partial charge in [0.25, 0.3) is 0 Å². The van der Waals surface area contributed by atoms with Crippen molar-refractivity contribution in [1.29, 1.82) is 0 Å². The van der Waals surface area contributed by atoms with Gasteiger partial charge in [-0.2, -0.15) is 0 Å². The van der Waals surface area contributed by atoms with Gasteiger partial charge in [0.1, 0.15) is 17.3 Å². The van der Waals surface area contributed by atoms with Crippen LogP contribution < -0.4 is 9.64 Å². The molecule has 1 aromatic heterocycles. The average Bonchev–Trinajstić information content (AvgIpc) is 2.88. The lowest BCUT2D eigenvalue weighted by Gasteiger charge is -2.24. The van der Waals surface area contributed by atoms with Crippen LogP contribution >= 0.6 is 0 Å². The van der Waals surface area contributed by atoms with Gasteiger partial charge in [-0.1, -0.05) is 60.7 Å². The third kappa shape index (κ3) is 4.70. The van der Waals surface area contributed by atoms with E-state index in [9.17, 15) is 0 Å². The quantitative estimate of drug-likeness (QED) is 0.275. The maximum Gasteiger partial charge on any atom is 0.162 e. The predicted octanol–water partition coefficient (Wildman–Crippen LogP) is 7.12. The first-order valence-electron chi connectivity index (χ1n) is 11.2. The van der Waals surface area contributed by atoms with Crippen molar-refractivity contribution in [2.75, 3.05) is 11.4 Å². The average molecular weight is 432 g/mol. The van der Waals surface area contributed by atoms with Crippen LogP contribution in [-0.2, 0) is 6.54 Å². The summed E-state index contributed by atoms with van der Waals surface area (Å²) in [6.45, 7) is 3.80. The van der Waals surface area contributed by atoms with Gasteiger partial charge in [-0.3, -0.25) is 0 Å². The van der Waals surface area contributed by atoms with Crippen LogP contribution in [0.15, 0.2) is 109 Å². The Morgan fingerprint density at radius 3 is 2.03 bits per heavy atom. The maximum absolute atomic E-state index is 5.94. The van der Waals surface area contributed by atoms with Gasteiger partial charge >= 0.3 is 0 Å².